The zero-order valence-electron chi connectivity index (χ0n) is 12.8. The summed E-state index contributed by atoms with van der Waals surface area (Å²) in [6, 6.07) is 15.1. The lowest BCUT2D eigenvalue weighted by atomic mass is 10.1. The van der Waals surface area contributed by atoms with Crippen molar-refractivity contribution in [3.63, 3.8) is 0 Å². The van der Waals surface area contributed by atoms with Crippen molar-refractivity contribution in [1.29, 1.82) is 0 Å². The SMILES string of the molecule is O=C1C2=NN(c3ccc(Cl)cc3)CC2CN1Cc1cccc(Cl)c1. The second kappa shape index (κ2) is 6.11. The topological polar surface area (TPSA) is 35.9 Å². The average molecular weight is 360 g/mol. The van der Waals surface area contributed by atoms with Gasteiger partial charge in [-0.3, -0.25) is 9.80 Å². The van der Waals surface area contributed by atoms with Gasteiger partial charge in [-0.25, -0.2) is 0 Å². The van der Waals surface area contributed by atoms with Crippen LogP contribution < -0.4 is 5.01 Å². The minimum absolute atomic E-state index is 0.0106. The Labute approximate surface area is 150 Å². The normalized spacial score (nSPS) is 19.7. The van der Waals surface area contributed by atoms with Crippen LogP contribution in [0, 0.1) is 5.92 Å². The summed E-state index contributed by atoms with van der Waals surface area (Å²) >= 11 is 11.9. The number of hydrazone groups is 1. The largest absolute Gasteiger partial charge is 0.332 e. The number of rotatable bonds is 3. The van der Waals surface area contributed by atoms with Crippen LogP contribution in [0.4, 0.5) is 5.69 Å². The number of carbonyl (C=O) groups is 1. The Hall–Kier alpha value is -2.04. The van der Waals surface area contributed by atoms with Crippen molar-refractivity contribution in [2.45, 2.75) is 6.54 Å². The third-order valence-electron chi connectivity index (χ3n) is 4.34. The molecule has 2 heterocycles. The summed E-state index contributed by atoms with van der Waals surface area (Å²) in [6.45, 7) is 1.97. The molecule has 0 aliphatic carbocycles. The smallest absolute Gasteiger partial charge is 0.270 e. The Morgan fingerprint density at radius 1 is 1.04 bits per heavy atom. The fourth-order valence-corrected chi connectivity index (χ4v) is 3.53. The van der Waals surface area contributed by atoms with Gasteiger partial charge < -0.3 is 4.90 Å². The van der Waals surface area contributed by atoms with Gasteiger partial charge >= 0.3 is 0 Å². The van der Waals surface area contributed by atoms with Crippen LogP contribution in [0.5, 0.6) is 0 Å². The van der Waals surface area contributed by atoms with Gasteiger partial charge in [0.1, 0.15) is 5.71 Å². The minimum atomic E-state index is 0.0106. The van der Waals surface area contributed by atoms with E-state index in [0.717, 1.165) is 17.8 Å². The highest BCUT2D eigenvalue weighted by Crippen LogP contribution is 2.29. The summed E-state index contributed by atoms with van der Waals surface area (Å²) in [5.41, 5.74) is 2.63. The first-order valence-corrected chi connectivity index (χ1v) is 8.51. The van der Waals surface area contributed by atoms with Crippen LogP contribution in [0.3, 0.4) is 0 Å². The molecule has 2 aromatic rings. The lowest BCUT2D eigenvalue weighted by Gasteiger charge is -2.20. The van der Waals surface area contributed by atoms with E-state index in [4.69, 9.17) is 23.2 Å². The van der Waals surface area contributed by atoms with Crippen molar-refractivity contribution < 1.29 is 4.79 Å². The molecular weight excluding hydrogens is 345 g/mol. The molecule has 1 saturated heterocycles. The van der Waals surface area contributed by atoms with E-state index in [0.29, 0.717) is 28.8 Å². The lowest BCUT2D eigenvalue weighted by molar-refractivity contribution is -0.123. The average Bonchev–Trinajstić information content (AvgIpc) is 3.09. The Bertz CT molecular complexity index is 819. The van der Waals surface area contributed by atoms with Gasteiger partial charge in [0, 0.05) is 29.1 Å². The number of hydrogen-bond donors (Lipinski definition) is 0. The van der Waals surface area contributed by atoms with Crippen molar-refractivity contribution in [2.24, 2.45) is 11.0 Å². The molecule has 1 atom stereocenters. The van der Waals surface area contributed by atoms with Gasteiger partial charge in [0.15, 0.2) is 0 Å². The van der Waals surface area contributed by atoms with Crippen molar-refractivity contribution >= 4 is 40.5 Å². The molecule has 1 unspecified atom stereocenters. The third kappa shape index (κ3) is 2.87. The number of nitrogens with zero attached hydrogens (tertiary/aromatic N) is 3. The van der Waals surface area contributed by atoms with Crippen LogP contribution >= 0.6 is 23.2 Å². The Balaban J connectivity index is 1.50. The zero-order valence-corrected chi connectivity index (χ0v) is 14.3. The first-order valence-electron chi connectivity index (χ1n) is 7.75. The number of benzene rings is 2. The van der Waals surface area contributed by atoms with Crippen LogP contribution in [0.2, 0.25) is 10.0 Å². The molecule has 0 radical (unpaired) electrons. The molecule has 0 bridgehead atoms. The first kappa shape index (κ1) is 15.5. The zero-order chi connectivity index (χ0) is 16.7. The van der Waals surface area contributed by atoms with Crippen LogP contribution in [-0.4, -0.2) is 29.6 Å². The summed E-state index contributed by atoms with van der Waals surface area (Å²) in [5, 5.41) is 7.79. The van der Waals surface area contributed by atoms with Crippen LogP contribution in [0.1, 0.15) is 5.56 Å². The van der Waals surface area contributed by atoms with Gasteiger partial charge in [0.2, 0.25) is 0 Å². The molecule has 0 saturated carbocycles. The highest BCUT2D eigenvalue weighted by Gasteiger charge is 2.42. The van der Waals surface area contributed by atoms with Crippen molar-refractivity contribution in [1.82, 2.24) is 4.90 Å². The molecule has 0 spiro atoms. The summed E-state index contributed by atoms with van der Waals surface area (Å²) in [5.74, 6) is 0.156. The van der Waals surface area contributed by atoms with E-state index in [1.54, 1.807) is 0 Å². The number of halogens is 2. The standard InChI is InChI=1S/C18H15Cl2N3O/c19-14-4-6-16(7-5-14)23-11-13-10-22(18(24)17(13)21-23)9-12-2-1-3-15(20)8-12/h1-8,13H,9-11H2. The quantitative estimate of drug-likeness (QED) is 0.834. The fraction of sp³-hybridized carbons (Fsp3) is 0.222. The minimum Gasteiger partial charge on any atom is -0.332 e. The molecule has 0 N–H and O–H groups in total. The molecule has 4 rings (SSSR count). The van der Waals surface area contributed by atoms with E-state index < -0.39 is 0 Å². The van der Waals surface area contributed by atoms with E-state index >= 15 is 0 Å². The van der Waals surface area contributed by atoms with Gasteiger partial charge in [-0.05, 0) is 42.0 Å². The maximum atomic E-state index is 12.6. The molecule has 4 nitrogen and oxygen atoms in total. The summed E-state index contributed by atoms with van der Waals surface area (Å²) in [4.78, 5) is 14.5. The lowest BCUT2D eigenvalue weighted by Crippen LogP contribution is -2.29. The van der Waals surface area contributed by atoms with Gasteiger partial charge in [0.05, 0.1) is 12.2 Å². The molecule has 1 fully saturated rings. The second-order valence-corrected chi connectivity index (χ2v) is 6.93. The number of hydrogen-bond acceptors (Lipinski definition) is 3. The number of anilines is 1. The van der Waals surface area contributed by atoms with Gasteiger partial charge in [0.25, 0.3) is 5.91 Å². The summed E-state index contributed by atoms with van der Waals surface area (Å²) in [7, 11) is 0. The fourth-order valence-electron chi connectivity index (χ4n) is 3.19. The Kier molecular flexibility index (Phi) is 3.94. The van der Waals surface area contributed by atoms with Gasteiger partial charge in [-0.15, -0.1) is 0 Å². The highest BCUT2D eigenvalue weighted by atomic mass is 35.5. The molecule has 2 aliphatic rings. The van der Waals surface area contributed by atoms with E-state index in [1.807, 2.05) is 58.4 Å². The molecule has 1 amide bonds. The van der Waals surface area contributed by atoms with E-state index in [9.17, 15) is 4.79 Å². The Morgan fingerprint density at radius 3 is 2.54 bits per heavy atom. The monoisotopic (exact) mass is 359 g/mol. The Morgan fingerprint density at radius 2 is 1.83 bits per heavy atom. The van der Waals surface area contributed by atoms with E-state index in [2.05, 4.69) is 5.10 Å². The van der Waals surface area contributed by atoms with Crippen molar-refractivity contribution in [3.05, 3.63) is 64.1 Å². The molecule has 2 aliphatic heterocycles. The van der Waals surface area contributed by atoms with Crippen LogP contribution in [0.15, 0.2) is 53.6 Å². The molecule has 122 valence electrons. The predicted molar refractivity (Wildman–Crippen MR) is 96.6 cm³/mol. The maximum absolute atomic E-state index is 12.6. The van der Waals surface area contributed by atoms with E-state index in [-0.39, 0.29) is 11.8 Å². The summed E-state index contributed by atoms with van der Waals surface area (Å²) < 4.78 is 0. The van der Waals surface area contributed by atoms with Crippen LogP contribution in [0.25, 0.3) is 0 Å². The first-order chi connectivity index (χ1) is 11.6. The predicted octanol–water partition coefficient (Wildman–Crippen LogP) is 3.83. The third-order valence-corrected chi connectivity index (χ3v) is 4.83. The van der Waals surface area contributed by atoms with Crippen molar-refractivity contribution in [2.75, 3.05) is 18.1 Å². The number of fused-ring (bicyclic) bond motifs is 1. The number of carbonyl (C=O) groups excluding carboxylic acids is 1. The second-order valence-electron chi connectivity index (χ2n) is 6.06. The number of amides is 1. The van der Waals surface area contributed by atoms with Gasteiger partial charge in [-0.2, -0.15) is 5.10 Å². The maximum Gasteiger partial charge on any atom is 0.270 e. The molecule has 6 heteroatoms. The van der Waals surface area contributed by atoms with Gasteiger partial charge in [-0.1, -0.05) is 35.3 Å². The summed E-state index contributed by atoms with van der Waals surface area (Å²) in [6.07, 6.45) is 0. The molecule has 0 aromatic heterocycles. The van der Waals surface area contributed by atoms with Crippen LogP contribution in [-0.2, 0) is 11.3 Å². The highest BCUT2D eigenvalue weighted by molar-refractivity contribution is 6.42. The van der Waals surface area contributed by atoms with E-state index in [1.165, 1.54) is 0 Å². The molecule has 2 aromatic carbocycles. The molecule has 24 heavy (non-hydrogen) atoms. The van der Waals surface area contributed by atoms with Crippen molar-refractivity contribution in [3.8, 4) is 0 Å². The molecular formula is C18H15Cl2N3O. The number of likely N-dealkylation sites (tertiary alicyclic amines) is 1.